The van der Waals surface area contributed by atoms with Crippen LogP contribution >= 0.6 is 11.3 Å². The number of nitrogens with zero attached hydrogens (tertiary/aromatic N) is 1. The lowest BCUT2D eigenvalue weighted by Gasteiger charge is -2.16. The first-order valence-electron chi connectivity index (χ1n) is 7.81. The Labute approximate surface area is 154 Å². The molecule has 136 valence electrons. The summed E-state index contributed by atoms with van der Waals surface area (Å²) >= 11 is 1.49. The van der Waals surface area contributed by atoms with E-state index in [1.807, 2.05) is 17.5 Å². The van der Waals surface area contributed by atoms with Crippen molar-refractivity contribution in [1.82, 2.24) is 10.5 Å². The second kappa shape index (κ2) is 8.03. The molecular formula is C18H18N2O5S. The average Bonchev–Trinajstić information content (AvgIpc) is 3.36. The van der Waals surface area contributed by atoms with Crippen molar-refractivity contribution in [3.05, 3.63) is 53.0 Å². The van der Waals surface area contributed by atoms with Gasteiger partial charge in [-0.2, -0.15) is 0 Å². The van der Waals surface area contributed by atoms with Crippen molar-refractivity contribution in [2.24, 2.45) is 0 Å². The molecule has 8 heteroatoms. The number of thiophene rings is 1. The first kappa shape index (κ1) is 18.0. The SMILES string of the molecule is COc1ccc(OC)c(C(O)CNC(=O)c2cc(-c3cccs3)on2)c1. The molecule has 3 aromatic rings. The molecule has 1 atom stereocenters. The van der Waals surface area contributed by atoms with E-state index in [4.69, 9.17) is 14.0 Å². The Morgan fingerprint density at radius 2 is 2.15 bits per heavy atom. The van der Waals surface area contributed by atoms with Gasteiger partial charge in [0.15, 0.2) is 11.5 Å². The van der Waals surface area contributed by atoms with E-state index < -0.39 is 12.0 Å². The molecule has 1 unspecified atom stereocenters. The molecule has 7 nitrogen and oxygen atoms in total. The summed E-state index contributed by atoms with van der Waals surface area (Å²) in [5, 5.41) is 18.7. The predicted molar refractivity (Wildman–Crippen MR) is 96.7 cm³/mol. The lowest BCUT2D eigenvalue weighted by molar-refractivity contribution is 0.0905. The predicted octanol–water partition coefficient (Wildman–Crippen LogP) is 2.88. The van der Waals surface area contributed by atoms with Crippen LogP contribution in [0.2, 0.25) is 0 Å². The number of aromatic nitrogens is 1. The number of amides is 1. The van der Waals surface area contributed by atoms with Crippen LogP contribution in [0.1, 0.15) is 22.2 Å². The summed E-state index contributed by atoms with van der Waals surface area (Å²) < 4.78 is 15.6. The molecule has 1 amide bonds. The van der Waals surface area contributed by atoms with Crippen molar-refractivity contribution in [3.63, 3.8) is 0 Å². The standard InChI is InChI=1S/C18H18N2O5S/c1-23-11-5-6-15(24-2)12(8-11)14(21)10-19-18(22)13-9-16(25-20-13)17-4-3-7-26-17/h3-9,14,21H,10H2,1-2H3,(H,19,22). The van der Waals surface area contributed by atoms with E-state index in [9.17, 15) is 9.90 Å². The zero-order valence-electron chi connectivity index (χ0n) is 14.3. The highest BCUT2D eigenvalue weighted by Gasteiger charge is 2.18. The fourth-order valence-electron chi connectivity index (χ4n) is 2.41. The summed E-state index contributed by atoms with van der Waals surface area (Å²) in [7, 11) is 3.05. The van der Waals surface area contributed by atoms with E-state index in [0.29, 0.717) is 22.8 Å². The Bertz CT molecular complexity index is 876. The van der Waals surface area contributed by atoms with Gasteiger partial charge in [-0.1, -0.05) is 11.2 Å². The van der Waals surface area contributed by atoms with Crippen molar-refractivity contribution in [1.29, 1.82) is 0 Å². The highest BCUT2D eigenvalue weighted by Crippen LogP contribution is 2.29. The number of nitrogens with one attached hydrogen (secondary N) is 1. The Hall–Kier alpha value is -2.84. The Balaban J connectivity index is 1.66. The van der Waals surface area contributed by atoms with E-state index in [1.165, 1.54) is 25.6 Å². The smallest absolute Gasteiger partial charge is 0.273 e. The summed E-state index contributed by atoms with van der Waals surface area (Å²) in [6, 6.07) is 10.4. The Kier molecular flexibility index (Phi) is 5.55. The second-order valence-electron chi connectivity index (χ2n) is 5.39. The van der Waals surface area contributed by atoms with Gasteiger partial charge in [-0.25, -0.2) is 0 Å². The molecule has 2 heterocycles. The second-order valence-corrected chi connectivity index (χ2v) is 6.34. The number of aliphatic hydroxyl groups excluding tert-OH is 1. The van der Waals surface area contributed by atoms with Crippen LogP contribution in [-0.4, -0.2) is 36.9 Å². The van der Waals surface area contributed by atoms with Crippen molar-refractivity contribution in [2.75, 3.05) is 20.8 Å². The average molecular weight is 374 g/mol. The summed E-state index contributed by atoms with van der Waals surface area (Å²) in [6.45, 7) is -0.0104. The van der Waals surface area contributed by atoms with Gasteiger partial charge in [0.1, 0.15) is 17.6 Å². The van der Waals surface area contributed by atoms with Gasteiger partial charge in [0.05, 0.1) is 19.1 Å². The molecule has 0 radical (unpaired) electrons. The number of aliphatic hydroxyl groups is 1. The summed E-state index contributed by atoms with van der Waals surface area (Å²) in [5.41, 5.74) is 0.671. The van der Waals surface area contributed by atoms with Gasteiger partial charge < -0.3 is 24.4 Å². The summed E-state index contributed by atoms with van der Waals surface area (Å²) in [4.78, 5) is 13.1. The molecule has 0 aliphatic rings. The molecule has 0 bridgehead atoms. The zero-order chi connectivity index (χ0) is 18.5. The van der Waals surface area contributed by atoms with Crippen LogP contribution in [0.4, 0.5) is 0 Å². The summed E-state index contributed by atoms with van der Waals surface area (Å²) in [6.07, 6.45) is -0.965. The monoisotopic (exact) mass is 374 g/mol. The van der Waals surface area contributed by atoms with Crippen LogP contribution in [0.5, 0.6) is 11.5 Å². The number of hydrogen-bond acceptors (Lipinski definition) is 7. The third-order valence-electron chi connectivity index (χ3n) is 3.76. The van der Waals surface area contributed by atoms with E-state index in [2.05, 4.69) is 10.5 Å². The molecule has 2 N–H and O–H groups in total. The van der Waals surface area contributed by atoms with Gasteiger partial charge in [-0.3, -0.25) is 4.79 Å². The van der Waals surface area contributed by atoms with E-state index in [-0.39, 0.29) is 12.2 Å². The lowest BCUT2D eigenvalue weighted by Crippen LogP contribution is -2.28. The number of ether oxygens (including phenoxy) is 2. The maximum Gasteiger partial charge on any atom is 0.273 e. The highest BCUT2D eigenvalue weighted by molar-refractivity contribution is 7.13. The van der Waals surface area contributed by atoms with Gasteiger partial charge >= 0.3 is 0 Å². The van der Waals surface area contributed by atoms with E-state index in [1.54, 1.807) is 24.3 Å². The molecule has 0 saturated heterocycles. The van der Waals surface area contributed by atoms with Gasteiger partial charge in [0, 0.05) is 18.2 Å². The third-order valence-corrected chi connectivity index (χ3v) is 4.64. The first-order valence-corrected chi connectivity index (χ1v) is 8.69. The molecular weight excluding hydrogens is 356 g/mol. The van der Waals surface area contributed by atoms with Crippen LogP contribution < -0.4 is 14.8 Å². The van der Waals surface area contributed by atoms with Crippen molar-refractivity contribution in [2.45, 2.75) is 6.10 Å². The van der Waals surface area contributed by atoms with E-state index in [0.717, 1.165) is 4.88 Å². The zero-order valence-corrected chi connectivity index (χ0v) is 15.1. The minimum absolute atomic E-state index is 0.0104. The molecule has 0 aliphatic heterocycles. The normalized spacial score (nSPS) is 11.8. The molecule has 0 spiro atoms. The topological polar surface area (TPSA) is 93.8 Å². The number of benzene rings is 1. The quantitative estimate of drug-likeness (QED) is 0.660. The molecule has 26 heavy (non-hydrogen) atoms. The van der Waals surface area contributed by atoms with Crippen LogP contribution in [0, 0.1) is 0 Å². The van der Waals surface area contributed by atoms with Gasteiger partial charge in [-0.15, -0.1) is 11.3 Å². The molecule has 3 rings (SSSR count). The summed E-state index contributed by atoms with van der Waals surface area (Å²) in [5.74, 6) is 1.19. The number of methoxy groups -OCH3 is 2. The van der Waals surface area contributed by atoms with Gasteiger partial charge in [-0.05, 0) is 29.6 Å². The maximum atomic E-state index is 12.2. The highest BCUT2D eigenvalue weighted by atomic mass is 32.1. The van der Waals surface area contributed by atoms with Crippen LogP contribution in [-0.2, 0) is 0 Å². The molecule has 2 aromatic heterocycles. The minimum atomic E-state index is -0.965. The van der Waals surface area contributed by atoms with Gasteiger partial charge in [0.25, 0.3) is 5.91 Å². The van der Waals surface area contributed by atoms with Crippen LogP contribution in [0.15, 0.2) is 46.3 Å². The Morgan fingerprint density at radius 1 is 1.31 bits per heavy atom. The van der Waals surface area contributed by atoms with Crippen LogP contribution in [0.3, 0.4) is 0 Å². The minimum Gasteiger partial charge on any atom is -0.497 e. The van der Waals surface area contributed by atoms with Crippen molar-refractivity contribution >= 4 is 17.2 Å². The maximum absolute atomic E-state index is 12.2. The molecule has 0 aliphatic carbocycles. The van der Waals surface area contributed by atoms with Crippen LogP contribution in [0.25, 0.3) is 10.6 Å². The molecule has 0 fully saturated rings. The number of rotatable bonds is 7. The largest absolute Gasteiger partial charge is 0.497 e. The molecule has 0 saturated carbocycles. The Morgan fingerprint density at radius 3 is 2.85 bits per heavy atom. The number of carbonyl (C=O) groups is 1. The number of carbonyl (C=O) groups excluding carboxylic acids is 1. The van der Waals surface area contributed by atoms with Gasteiger partial charge in [0.2, 0.25) is 0 Å². The molecule has 1 aromatic carbocycles. The number of hydrogen-bond donors (Lipinski definition) is 2. The van der Waals surface area contributed by atoms with Crippen molar-refractivity contribution < 1.29 is 23.9 Å². The fourth-order valence-corrected chi connectivity index (χ4v) is 3.08. The van der Waals surface area contributed by atoms with Crippen molar-refractivity contribution in [3.8, 4) is 22.1 Å². The fraction of sp³-hybridized carbons (Fsp3) is 0.222. The third kappa shape index (κ3) is 3.87. The van der Waals surface area contributed by atoms with E-state index >= 15 is 0 Å². The lowest BCUT2D eigenvalue weighted by atomic mass is 10.1. The first-order chi connectivity index (χ1) is 12.6.